The zero-order chi connectivity index (χ0) is 11.6. The minimum Gasteiger partial charge on any atom is -0.310 e. The molecule has 1 aliphatic heterocycles. The Balaban J connectivity index is 2.94. The lowest BCUT2D eigenvalue weighted by Crippen LogP contribution is -2.43. The molecule has 1 fully saturated rings. The molecule has 0 spiro atoms. The fraction of sp³-hybridized carbons (Fsp3) is 0.636. The number of rotatable bonds is 3. The fourth-order valence-corrected chi connectivity index (χ4v) is 1.82. The van der Waals surface area contributed by atoms with E-state index in [1.54, 1.807) is 18.7 Å². The molecule has 4 nitrogen and oxygen atoms in total. The molecule has 1 rings (SSSR count). The molecule has 84 valence electrons. The van der Waals surface area contributed by atoms with Crippen LogP contribution in [-0.2, 0) is 4.79 Å². The van der Waals surface area contributed by atoms with Crippen molar-refractivity contribution < 1.29 is 9.59 Å². The Morgan fingerprint density at radius 2 is 1.93 bits per heavy atom. The summed E-state index contributed by atoms with van der Waals surface area (Å²) in [4.78, 5) is 26.7. The summed E-state index contributed by atoms with van der Waals surface area (Å²) >= 11 is 0. The number of hydrogen-bond donors (Lipinski definition) is 0. The molecule has 0 saturated carbocycles. The van der Waals surface area contributed by atoms with Crippen molar-refractivity contribution in [1.82, 2.24) is 9.80 Å². The maximum absolute atomic E-state index is 11.9. The summed E-state index contributed by atoms with van der Waals surface area (Å²) in [5.74, 6) is -0.118. The van der Waals surface area contributed by atoms with Crippen molar-refractivity contribution in [2.45, 2.75) is 33.2 Å². The van der Waals surface area contributed by atoms with Crippen molar-refractivity contribution in [3.8, 4) is 0 Å². The van der Waals surface area contributed by atoms with Gasteiger partial charge in [0.2, 0.25) is 0 Å². The normalized spacial score (nSPS) is 20.8. The molecule has 0 aromatic heterocycles. The Bertz CT molecular complexity index is 308. The Kier molecular flexibility index (Phi) is 3.17. The molecule has 0 radical (unpaired) electrons. The van der Waals surface area contributed by atoms with Gasteiger partial charge in [0.25, 0.3) is 5.91 Å². The second-order valence-electron chi connectivity index (χ2n) is 4.07. The average molecular weight is 210 g/mol. The van der Waals surface area contributed by atoms with Crippen molar-refractivity contribution in [3.63, 3.8) is 0 Å². The van der Waals surface area contributed by atoms with Gasteiger partial charge in [0, 0.05) is 13.1 Å². The van der Waals surface area contributed by atoms with Crippen molar-refractivity contribution >= 4 is 11.9 Å². The first-order valence-electron chi connectivity index (χ1n) is 5.21. The highest BCUT2D eigenvalue weighted by atomic mass is 16.2. The molecule has 0 unspecified atom stereocenters. The minimum atomic E-state index is -0.701. The molecule has 0 aromatic carbocycles. The third kappa shape index (κ3) is 1.76. The van der Waals surface area contributed by atoms with Crippen molar-refractivity contribution in [3.05, 3.63) is 12.2 Å². The van der Waals surface area contributed by atoms with E-state index < -0.39 is 5.54 Å². The van der Waals surface area contributed by atoms with Crippen molar-refractivity contribution in [2.75, 3.05) is 13.1 Å². The Hall–Kier alpha value is -1.32. The molecule has 0 aliphatic carbocycles. The van der Waals surface area contributed by atoms with E-state index in [4.69, 9.17) is 0 Å². The SMILES string of the molecule is C/C=C/CN1C(=O)N(CC)C(C)(C)C1=O. The highest BCUT2D eigenvalue weighted by Crippen LogP contribution is 2.26. The van der Waals surface area contributed by atoms with Gasteiger partial charge in [0.1, 0.15) is 5.54 Å². The second-order valence-corrected chi connectivity index (χ2v) is 4.07. The average Bonchev–Trinajstić information content (AvgIpc) is 2.33. The van der Waals surface area contributed by atoms with Crippen LogP contribution < -0.4 is 0 Å². The van der Waals surface area contributed by atoms with E-state index in [0.29, 0.717) is 13.1 Å². The first-order chi connectivity index (χ1) is 6.96. The number of imide groups is 1. The molecule has 0 bridgehead atoms. The molecule has 3 amide bonds. The number of nitrogens with zero attached hydrogens (tertiary/aromatic N) is 2. The first kappa shape index (κ1) is 11.8. The summed E-state index contributed by atoms with van der Waals surface area (Å²) in [5, 5.41) is 0. The van der Waals surface area contributed by atoms with Gasteiger partial charge in [0.05, 0.1) is 0 Å². The predicted octanol–water partition coefficient (Wildman–Crippen LogP) is 1.63. The minimum absolute atomic E-state index is 0.118. The molecule has 0 atom stereocenters. The largest absolute Gasteiger partial charge is 0.327 e. The van der Waals surface area contributed by atoms with Gasteiger partial charge >= 0.3 is 6.03 Å². The van der Waals surface area contributed by atoms with Gasteiger partial charge in [-0.1, -0.05) is 12.2 Å². The topological polar surface area (TPSA) is 40.6 Å². The predicted molar refractivity (Wildman–Crippen MR) is 58.4 cm³/mol. The number of likely N-dealkylation sites (N-methyl/N-ethyl adjacent to an activating group) is 1. The molecular weight excluding hydrogens is 192 g/mol. The summed E-state index contributed by atoms with van der Waals surface area (Å²) in [5.41, 5.74) is -0.701. The standard InChI is InChI=1S/C11H18N2O2/c1-5-7-8-12-9(14)11(3,4)13(6-2)10(12)15/h5,7H,6,8H2,1-4H3/b7-5+. The monoisotopic (exact) mass is 210 g/mol. The van der Waals surface area contributed by atoms with Crippen LogP contribution in [0.25, 0.3) is 0 Å². The molecular formula is C11H18N2O2. The number of hydrogen-bond acceptors (Lipinski definition) is 2. The van der Waals surface area contributed by atoms with E-state index in [1.165, 1.54) is 4.90 Å². The highest BCUT2D eigenvalue weighted by Gasteiger charge is 2.49. The molecule has 1 heterocycles. The van der Waals surface area contributed by atoms with Gasteiger partial charge in [-0.05, 0) is 27.7 Å². The van der Waals surface area contributed by atoms with E-state index in [-0.39, 0.29) is 11.9 Å². The number of carbonyl (C=O) groups excluding carboxylic acids is 2. The summed E-state index contributed by atoms with van der Waals surface area (Å²) < 4.78 is 0. The third-order valence-corrected chi connectivity index (χ3v) is 2.75. The lowest BCUT2D eigenvalue weighted by Gasteiger charge is -2.25. The van der Waals surface area contributed by atoms with Crippen LogP contribution in [0.4, 0.5) is 4.79 Å². The fourth-order valence-electron chi connectivity index (χ4n) is 1.82. The lowest BCUT2D eigenvalue weighted by atomic mass is 10.0. The molecule has 15 heavy (non-hydrogen) atoms. The molecule has 1 saturated heterocycles. The molecule has 0 aromatic rings. The van der Waals surface area contributed by atoms with Crippen LogP contribution in [-0.4, -0.2) is 40.4 Å². The summed E-state index contributed by atoms with van der Waals surface area (Å²) in [6, 6.07) is -0.189. The van der Waals surface area contributed by atoms with Crippen molar-refractivity contribution in [2.24, 2.45) is 0 Å². The Labute approximate surface area is 90.5 Å². The smallest absolute Gasteiger partial charge is 0.310 e. The van der Waals surface area contributed by atoms with E-state index in [2.05, 4.69) is 0 Å². The third-order valence-electron chi connectivity index (χ3n) is 2.75. The van der Waals surface area contributed by atoms with E-state index in [9.17, 15) is 9.59 Å². The zero-order valence-corrected chi connectivity index (χ0v) is 9.78. The van der Waals surface area contributed by atoms with Gasteiger partial charge in [-0.3, -0.25) is 9.69 Å². The van der Waals surface area contributed by atoms with E-state index in [1.807, 2.05) is 26.0 Å². The maximum atomic E-state index is 11.9. The van der Waals surface area contributed by atoms with Gasteiger partial charge in [-0.2, -0.15) is 0 Å². The van der Waals surface area contributed by atoms with Gasteiger partial charge < -0.3 is 4.90 Å². The number of urea groups is 1. The number of carbonyl (C=O) groups is 2. The van der Waals surface area contributed by atoms with Gasteiger partial charge in [-0.15, -0.1) is 0 Å². The van der Waals surface area contributed by atoms with Crippen LogP contribution in [0.15, 0.2) is 12.2 Å². The summed E-state index contributed by atoms with van der Waals surface area (Å²) in [6.45, 7) is 8.25. The second kappa shape index (κ2) is 4.04. The van der Waals surface area contributed by atoms with Gasteiger partial charge in [-0.25, -0.2) is 4.79 Å². The maximum Gasteiger partial charge on any atom is 0.327 e. The van der Waals surface area contributed by atoms with Crippen LogP contribution in [0.5, 0.6) is 0 Å². The van der Waals surface area contributed by atoms with E-state index >= 15 is 0 Å². The highest BCUT2D eigenvalue weighted by molar-refractivity contribution is 6.06. The van der Waals surface area contributed by atoms with Crippen molar-refractivity contribution in [1.29, 1.82) is 0 Å². The van der Waals surface area contributed by atoms with Crippen LogP contribution in [0.3, 0.4) is 0 Å². The first-order valence-corrected chi connectivity index (χ1v) is 5.21. The van der Waals surface area contributed by atoms with Crippen LogP contribution in [0, 0.1) is 0 Å². The molecule has 4 heteroatoms. The summed E-state index contributed by atoms with van der Waals surface area (Å²) in [6.07, 6.45) is 3.65. The Morgan fingerprint density at radius 1 is 1.33 bits per heavy atom. The summed E-state index contributed by atoms with van der Waals surface area (Å²) in [7, 11) is 0. The van der Waals surface area contributed by atoms with Crippen LogP contribution in [0.1, 0.15) is 27.7 Å². The number of amides is 3. The lowest BCUT2D eigenvalue weighted by molar-refractivity contribution is -0.131. The zero-order valence-electron chi connectivity index (χ0n) is 9.78. The Morgan fingerprint density at radius 3 is 2.33 bits per heavy atom. The van der Waals surface area contributed by atoms with E-state index in [0.717, 1.165) is 0 Å². The quantitative estimate of drug-likeness (QED) is 0.524. The molecule has 1 aliphatic rings. The van der Waals surface area contributed by atoms with Crippen LogP contribution in [0.2, 0.25) is 0 Å². The van der Waals surface area contributed by atoms with Crippen LogP contribution >= 0.6 is 0 Å². The molecule has 0 N–H and O–H groups in total. The number of allylic oxidation sites excluding steroid dienone is 1. The van der Waals surface area contributed by atoms with Gasteiger partial charge in [0.15, 0.2) is 0 Å².